The van der Waals surface area contributed by atoms with Crippen LogP contribution in [0.3, 0.4) is 0 Å². The molecule has 1 N–H and O–H groups in total. The summed E-state index contributed by atoms with van der Waals surface area (Å²) in [4.78, 5) is 14.8. The molecule has 32 heavy (non-hydrogen) atoms. The fraction of sp³-hybridized carbons (Fsp3) is 0.400. The minimum atomic E-state index is -0.757. The van der Waals surface area contributed by atoms with E-state index in [1.807, 2.05) is 35.2 Å². The van der Waals surface area contributed by atoms with E-state index in [-0.39, 0.29) is 30.4 Å². The fourth-order valence-corrected chi connectivity index (χ4v) is 4.38. The Morgan fingerprint density at radius 1 is 1.12 bits per heavy atom. The standard InChI is InChI=1S/C25H29FN4O2/c1-2-3-5-10-25(32)29-17-24(31)23(15-22(29)19-8-6-4-7-9-19)30-16-21(27-28-30)18-11-13-20(26)14-12-18/h4,6-9,11-14,16,22-24,31H,2-3,5,10,15,17H2,1H3/t22-,23-,24-/m1/s1. The van der Waals surface area contributed by atoms with Crippen molar-refractivity contribution in [3.8, 4) is 11.3 Å². The van der Waals surface area contributed by atoms with E-state index in [0.29, 0.717) is 18.5 Å². The van der Waals surface area contributed by atoms with Gasteiger partial charge < -0.3 is 10.0 Å². The number of likely N-dealkylation sites (tertiary alicyclic amines) is 1. The van der Waals surface area contributed by atoms with Crippen LogP contribution in [-0.4, -0.2) is 43.6 Å². The first kappa shape index (κ1) is 22.1. The highest BCUT2D eigenvalue weighted by Crippen LogP contribution is 2.37. The van der Waals surface area contributed by atoms with E-state index in [1.165, 1.54) is 12.1 Å². The van der Waals surface area contributed by atoms with Crippen molar-refractivity contribution in [1.82, 2.24) is 19.9 Å². The van der Waals surface area contributed by atoms with Gasteiger partial charge in [-0.25, -0.2) is 9.07 Å². The Hall–Kier alpha value is -3.06. The van der Waals surface area contributed by atoms with Crippen molar-refractivity contribution in [2.24, 2.45) is 0 Å². The Balaban J connectivity index is 1.57. The van der Waals surface area contributed by atoms with Crippen LogP contribution in [0.1, 0.15) is 56.7 Å². The van der Waals surface area contributed by atoms with Crippen LogP contribution < -0.4 is 0 Å². The van der Waals surface area contributed by atoms with Crippen LogP contribution in [0.5, 0.6) is 0 Å². The van der Waals surface area contributed by atoms with E-state index in [9.17, 15) is 14.3 Å². The Kier molecular flexibility index (Phi) is 6.95. The van der Waals surface area contributed by atoms with E-state index in [1.54, 1.807) is 23.0 Å². The topological polar surface area (TPSA) is 71.2 Å². The van der Waals surface area contributed by atoms with Crippen LogP contribution in [0, 0.1) is 5.82 Å². The first-order chi connectivity index (χ1) is 15.6. The summed E-state index contributed by atoms with van der Waals surface area (Å²) in [7, 11) is 0. The summed E-state index contributed by atoms with van der Waals surface area (Å²) >= 11 is 0. The molecule has 1 aliphatic rings. The number of piperidine rings is 1. The first-order valence-corrected chi connectivity index (χ1v) is 11.3. The van der Waals surface area contributed by atoms with Gasteiger partial charge in [-0.3, -0.25) is 4.79 Å². The van der Waals surface area contributed by atoms with Gasteiger partial charge in [0.15, 0.2) is 0 Å². The third kappa shape index (κ3) is 4.88. The number of amides is 1. The lowest BCUT2D eigenvalue weighted by atomic mass is 9.89. The Morgan fingerprint density at radius 3 is 2.59 bits per heavy atom. The van der Waals surface area contributed by atoms with Gasteiger partial charge in [-0.1, -0.05) is 55.3 Å². The summed E-state index contributed by atoms with van der Waals surface area (Å²) in [6, 6.07) is 15.6. The molecular formula is C25H29FN4O2. The highest BCUT2D eigenvalue weighted by Gasteiger charge is 2.39. The Labute approximate surface area is 187 Å². The number of aromatic nitrogens is 3. The summed E-state index contributed by atoms with van der Waals surface area (Å²) in [6.45, 7) is 2.37. The van der Waals surface area contributed by atoms with Crippen molar-refractivity contribution < 1.29 is 14.3 Å². The molecule has 1 aromatic heterocycles. The van der Waals surface area contributed by atoms with E-state index in [0.717, 1.165) is 30.4 Å². The lowest BCUT2D eigenvalue weighted by Crippen LogP contribution is -2.49. The lowest BCUT2D eigenvalue weighted by molar-refractivity contribution is -0.140. The molecular weight excluding hydrogens is 407 g/mol. The molecule has 1 amide bonds. The third-order valence-corrected chi connectivity index (χ3v) is 6.16. The number of nitrogens with zero attached hydrogens (tertiary/aromatic N) is 4. The van der Waals surface area contributed by atoms with Crippen LogP contribution in [-0.2, 0) is 4.79 Å². The SMILES string of the molecule is CCCCCC(=O)N1C[C@@H](O)[C@H](n2cc(-c3ccc(F)cc3)nn2)C[C@@H]1c1ccccc1. The molecule has 1 aliphatic heterocycles. The maximum Gasteiger partial charge on any atom is 0.223 e. The van der Waals surface area contributed by atoms with Crippen molar-refractivity contribution in [2.75, 3.05) is 6.54 Å². The zero-order valence-corrected chi connectivity index (χ0v) is 18.3. The largest absolute Gasteiger partial charge is 0.389 e. The van der Waals surface area contributed by atoms with Crippen molar-refractivity contribution in [3.63, 3.8) is 0 Å². The Bertz CT molecular complexity index is 1020. The number of rotatable bonds is 7. The number of carbonyl (C=O) groups is 1. The number of unbranched alkanes of at least 4 members (excludes halogenated alkanes) is 2. The monoisotopic (exact) mass is 436 g/mol. The quantitative estimate of drug-likeness (QED) is 0.552. The minimum Gasteiger partial charge on any atom is -0.389 e. The van der Waals surface area contributed by atoms with Gasteiger partial charge in [0.05, 0.1) is 24.4 Å². The van der Waals surface area contributed by atoms with Gasteiger partial charge in [-0.15, -0.1) is 5.10 Å². The van der Waals surface area contributed by atoms with E-state index in [4.69, 9.17) is 0 Å². The van der Waals surface area contributed by atoms with Gasteiger partial charge in [0.1, 0.15) is 11.5 Å². The van der Waals surface area contributed by atoms with Crippen molar-refractivity contribution in [1.29, 1.82) is 0 Å². The first-order valence-electron chi connectivity index (χ1n) is 11.3. The molecule has 0 saturated carbocycles. The van der Waals surface area contributed by atoms with E-state index in [2.05, 4.69) is 17.2 Å². The maximum atomic E-state index is 13.2. The van der Waals surface area contributed by atoms with E-state index >= 15 is 0 Å². The molecule has 2 aromatic carbocycles. The molecule has 1 saturated heterocycles. The number of hydrogen-bond acceptors (Lipinski definition) is 4. The summed E-state index contributed by atoms with van der Waals surface area (Å²) in [6.07, 6.45) is 4.99. The van der Waals surface area contributed by atoms with Gasteiger partial charge in [0, 0.05) is 18.5 Å². The predicted molar refractivity (Wildman–Crippen MR) is 120 cm³/mol. The van der Waals surface area contributed by atoms with Gasteiger partial charge in [-0.05, 0) is 42.7 Å². The van der Waals surface area contributed by atoms with Crippen molar-refractivity contribution in [3.05, 3.63) is 72.2 Å². The predicted octanol–water partition coefficient (Wildman–Crippen LogP) is 4.54. The van der Waals surface area contributed by atoms with Crippen LogP contribution in [0.4, 0.5) is 4.39 Å². The molecule has 0 unspecified atom stereocenters. The zero-order valence-electron chi connectivity index (χ0n) is 18.3. The molecule has 1 fully saturated rings. The molecule has 7 heteroatoms. The molecule has 3 atom stereocenters. The maximum absolute atomic E-state index is 13.2. The highest BCUT2D eigenvalue weighted by molar-refractivity contribution is 5.77. The summed E-state index contributed by atoms with van der Waals surface area (Å²) < 4.78 is 14.9. The smallest absolute Gasteiger partial charge is 0.223 e. The Morgan fingerprint density at radius 2 is 1.88 bits per heavy atom. The van der Waals surface area contributed by atoms with Gasteiger partial charge in [0.25, 0.3) is 0 Å². The average Bonchev–Trinajstić information content (AvgIpc) is 3.30. The summed E-state index contributed by atoms with van der Waals surface area (Å²) in [5, 5.41) is 19.4. The minimum absolute atomic E-state index is 0.0791. The molecule has 0 spiro atoms. The molecule has 0 radical (unpaired) electrons. The fourth-order valence-electron chi connectivity index (χ4n) is 4.38. The normalized spacial score (nSPS) is 21.0. The van der Waals surface area contributed by atoms with Crippen LogP contribution in [0.2, 0.25) is 0 Å². The number of β-amino-alcohol motifs (C(OH)–C–C–N with tert-alkyl or cyclic N) is 1. The number of benzene rings is 2. The molecule has 2 heterocycles. The molecule has 3 aromatic rings. The second-order valence-electron chi connectivity index (χ2n) is 8.39. The molecule has 168 valence electrons. The summed E-state index contributed by atoms with van der Waals surface area (Å²) in [5.74, 6) is -0.228. The molecule has 0 aliphatic carbocycles. The number of carbonyl (C=O) groups excluding carboxylic acids is 1. The highest BCUT2D eigenvalue weighted by atomic mass is 19.1. The summed E-state index contributed by atoms with van der Waals surface area (Å²) in [5.41, 5.74) is 2.42. The number of aliphatic hydroxyl groups excluding tert-OH is 1. The molecule has 6 nitrogen and oxygen atoms in total. The number of aliphatic hydroxyl groups is 1. The zero-order chi connectivity index (χ0) is 22.5. The molecule has 0 bridgehead atoms. The lowest BCUT2D eigenvalue weighted by Gasteiger charge is -2.42. The molecule has 4 rings (SSSR count). The van der Waals surface area contributed by atoms with Gasteiger partial charge in [-0.2, -0.15) is 0 Å². The van der Waals surface area contributed by atoms with Crippen molar-refractivity contribution >= 4 is 5.91 Å². The second kappa shape index (κ2) is 10.0. The van der Waals surface area contributed by atoms with Crippen LogP contribution >= 0.6 is 0 Å². The van der Waals surface area contributed by atoms with Gasteiger partial charge in [0.2, 0.25) is 5.91 Å². The van der Waals surface area contributed by atoms with Crippen LogP contribution in [0.25, 0.3) is 11.3 Å². The average molecular weight is 437 g/mol. The third-order valence-electron chi connectivity index (χ3n) is 6.16. The van der Waals surface area contributed by atoms with Crippen LogP contribution in [0.15, 0.2) is 60.8 Å². The van der Waals surface area contributed by atoms with Crippen molar-refractivity contribution in [2.45, 2.75) is 57.2 Å². The van der Waals surface area contributed by atoms with E-state index < -0.39 is 6.10 Å². The van der Waals surface area contributed by atoms with Gasteiger partial charge >= 0.3 is 0 Å². The number of halogens is 1. The second-order valence-corrected chi connectivity index (χ2v) is 8.39. The number of hydrogen-bond donors (Lipinski definition) is 1.